The normalized spacial score (nSPS) is 22.2. The van der Waals surface area contributed by atoms with Crippen LogP contribution in [0.4, 0.5) is 5.69 Å². The number of nitrogens with one attached hydrogen (secondary N) is 1. The molecule has 0 atom stereocenters. The van der Waals surface area contributed by atoms with Crippen molar-refractivity contribution in [2.45, 2.75) is 38.6 Å². The van der Waals surface area contributed by atoms with E-state index in [-0.39, 0.29) is 17.9 Å². The molecule has 1 saturated carbocycles. The average Bonchev–Trinajstić information content (AvgIpc) is 2.48. The van der Waals surface area contributed by atoms with Crippen molar-refractivity contribution in [2.24, 2.45) is 11.7 Å². The molecule has 0 spiro atoms. The molecule has 1 fully saturated rings. The molecule has 0 radical (unpaired) electrons. The fraction of sp³-hybridized carbons (Fsp3) is 0.438. The molecule has 1 aromatic heterocycles. The Kier molecular flexibility index (Phi) is 3.84. The van der Waals surface area contributed by atoms with Crippen molar-refractivity contribution >= 4 is 22.5 Å². The lowest BCUT2D eigenvalue weighted by Gasteiger charge is -2.25. The number of aryl methyl sites for hydroxylation is 1. The topological polar surface area (TPSA) is 80.9 Å². The van der Waals surface area contributed by atoms with Crippen molar-refractivity contribution in [3.63, 3.8) is 0 Å². The molecule has 1 aliphatic rings. The number of nitrogens with zero attached hydrogens (tertiary/aromatic N) is 2. The molecule has 5 nitrogen and oxygen atoms in total. The second kappa shape index (κ2) is 5.77. The largest absolute Gasteiger partial charge is 0.328 e. The molecule has 0 saturated heterocycles. The standard InChI is InChI=1S/C16H20N4O/c1-10-9-13-14(3-2-4-15(13)20-19-10)18-16(21)11-5-7-12(17)8-6-11/h2-4,9,11-12H,5-8,17H2,1H3,(H,18,21). The smallest absolute Gasteiger partial charge is 0.227 e. The Morgan fingerprint density at radius 1 is 1.24 bits per heavy atom. The lowest BCUT2D eigenvalue weighted by molar-refractivity contribution is -0.120. The van der Waals surface area contributed by atoms with Crippen LogP contribution in [-0.2, 0) is 4.79 Å². The Balaban J connectivity index is 1.81. The first-order valence-corrected chi connectivity index (χ1v) is 7.43. The molecule has 2 aromatic rings. The van der Waals surface area contributed by atoms with Gasteiger partial charge in [0.15, 0.2) is 0 Å². The molecule has 0 bridgehead atoms. The van der Waals surface area contributed by atoms with Crippen LogP contribution in [0, 0.1) is 12.8 Å². The molecule has 0 unspecified atom stereocenters. The van der Waals surface area contributed by atoms with Crippen molar-refractivity contribution < 1.29 is 4.79 Å². The van der Waals surface area contributed by atoms with Gasteiger partial charge < -0.3 is 11.1 Å². The average molecular weight is 284 g/mol. The zero-order valence-electron chi connectivity index (χ0n) is 12.2. The fourth-order valence-corrected chi connectivity index (χ4v) is 2.89. The number of anilines is 1. The number of hydrogen-bond donors (Lipinski definition) is 2. The van der Waals surface area contributed by atoms with Crippen molar-refractivity contribution in [3.05, 3.63) is 30.0 Å². The summed E-state index contributed by atoms with van der Waals surface area (Å²) in [5.41, 5.74) is 8.34. The van der Waals surface area contributed by atoms with Gasteiger partial charge in [-0.1, -0.05) is 6.07 Å². The van der Waals surface area contributed by atoms with E-state index in [1.807, 2.05) is 31.2 Å². The summed E-state index contributed by atoms with van der Waals surface area (Å²) in [6.07, 6.45) is 3.60. The lowest BCUT2D eigenvalue weighted by Crippen LogP contribution is -2.32. The van der Waals surface area contributed by atoms with Crippen LogP contribution in [0.1, 0.15) is 31.4 Å². The van der Waals surface area contributed by atoms with Crippen LogP contribution >= 0.6 is 0 Å². The van der Waals surface area contributed by atoms with Crippen LogP contribution in [-0.4, -0.2) is 22.1 Å². The molecule has 1 aromatic carbocycles. The Morgan fingerprint density at radius 2 is 2.00 bits per heavy atom. The quantitative estimate of drug-likeness (QED) is 0.887. The lowest BCUT2D eigenvalue weighted by atomic mass is 9.86. The van der Waals surface area contributed by atoms with Crippen molar-refractivity contribution in [3.8, 4) is 0 Å². The molecular formula is C16H20N4O. The number of fused-ring (bicyclic) bond motifs is 1. The minimum Gasteiger partial charge on any atom is -0.328 e. The van der Waals surface area contributed by atoms with E-state index in [0.29, 0.717) is 0 Å². The third-order valence-electron chi connectivity index (χ3n) is 4.15. The highest BCUT2D eigenvalue weighted by atomic mass is 16.1. The Morgan fingerprint density at radius 3 is 2.76 bits per heavy atom. The number of benzene rings is 1. The number of carbonyl (C=O) groups is 1. The van der Waals surface area contributed by atoms with Crippen LogP contribution in [0.15, 0.2) is 24.3 Å². The van der Waals surface area contributed by atoms with Gasteiger partial charge in [0.05, 0.1) is 16.9 Å². The Hall–Kier alpha value is -2.01. The Labute approximate surface area is 123 Å². The first-order valence-electron chi connectivity index (χ1n) is 7.43. The first kappa shape index (κ1) is 13.9. The molecule has 110 valence electrons. The third kappa shape index (κ3) is 3.03. The summed E-state index contributed by atoms with van der Waals surface area (Å²) >= 11 is 0. The van der Waals surface area contributed by atoms with Gasteiger partial charge in [0.25, 0.3) is 0 Å². The van der Waals surface area contributed by atoms with Crippen LogP contribution in [0.25, 0.3) is 10.9 Å². The van der Waals surface area contributed by atoms with E-state index in [4.69, 9.17) is 5.73 Å². The van der Waals surface area contributed by atoms with Gasteiger partial charge in [-0.05, 0) is 50.8 Å². The van der Waals surface area contributed by atoms with Gasteiger partial charge in [-0.25, -0.2) is 0 Å². The summed E-state index contributed by atoms with van der Waals surface area (Å²) in [4.78, 5) is 12.4. The van der Waals surface area contributed by atoms with Gasteiger partial charge in [0, 0.05) is 17.3 Å². The van der Waals surface area contributed by atoms with Crippen molar-refractivity contribution in [2.75, 3.05) is 5.32 Å². The van der Waals surface area contributed by atoms with E-state index >= 15 is 0 Å². The van der Waals surface area contributed by atoms with E-state index < -0.39 is 0 Å². The summed E-state index contributed by atoms with van der Waals surface area (Å²) < 4.78 is 0. The maximum atomic E-state index is 12.4. The number of amides is 1. The minimum atomic E-state index is 0.0657. The fourth-order valence-electron chi connectivity index (χ4n) is 2.89. The molecule has 3 N–H and O–H groups in total. The van der Waals surface area contributed by atoms with E-state index in [1.54, 1.807) is 0 Å². The highest BCUT2D eigenvalue weighted by Crippen LogP contribution is 2.27. The Bertz CT molecular complexity index is 662. The minimum absolute atomic E-state index is 0.0657. The third-order valence-corrected chi connectivity index (χ3v) is 4.15. The van der Waals surface area contributed by atoms with Crippen molar-refractivity contribution in [1.29, 1.82) is 0 Å². The second-order valence-electron chi connectivity index (χ2n) is 5.83. The van der Waals surface area contributed by atoms with Crippen LogP contribution < -0.4 is 11.1 Å². The zero-order chi connectivity index (χ0) is 14.8. The summed E-state index contributed by atoms with van der Waals surface area (Å²) in [6.45, 7) is 1.90. The molecule has 3 rings (SSSR count). The highest BCUT2D eigenvalue weighted by molar-refractivity contribution is 6.01. The molecular weight excluding hydrogens is 264 g/mol. The molecule has 5 heteroatoms. The van der Waals surface area contributed by atoms with Crippen LogP contribution in [0.2, 0.25) is 0 Å². The summed E-state index contributed by atoms with van der Waals surface area (Å²) in [5, 5.41) is 12.2. The SMILES string of the molecule is Cc1cc2c(NC(=O)C3CCC(N)CC3)cccc2nn1. The van der Waals surface area contributed by atoms with E-state index in [2.05, 4.69) is 15.5 Å². The monoisotopic (exact) mass is 284 g/mol. The number of carbonyl (C=O) groups excluding carboxylic acids is 1. The summed E-state index contributed by atoms with van der Waals surface area (Å²) in [5.74, 6) is 0.153. The van der Waals surface area contributed by atoms with Crippen LogP contribution in [0.3, 0.4) is 0 Å². The number of aromatic nitrogens is 2. The van der Waals surface area contributed by atoms with E-state index in [0.717, 1.165) is 48.0 Å². The van der Waals surface area contributed by atoms with Gasteiger partial charge in [-0.2, -0.15) is 10.2 Å². The predicted molar refractivity (Wildman–Crippen MR) is 82.8 cm³/mol. The van der Waals surface area contributed by atoms with Gasteiger partial charge in [-0.3, -0.25) is 4.79 Å². The van der Waals surface area contributed by atoms with Crippen LogP contribution in [0.5, 0.6) is 0 Å². The first-order chi connectivity index (χ1) is 10.1. The molecule has 1 amide bonds. The predicted octanol–water partition coefficient (Wildman–Crippen LogP) is 2.39. The number of rotatable bonds is 2. The highest BCUT2D eigenvalue weighted by Gasteiger charge is 2.24. The second-order valence-corrected chi connectivity index (χ2v) is 5.83. The zero-order valence-corrected chi connectivity index (χ0v) is 12.2. The van der Waals surface area contributed by atoms with Gasteiger partial charge in [0.2, 0.25) is 5.91 Å². The maximum Gasteiger partial charge on any atom is 0.227 e. The number of hydrogen-bond acceptors (Lipinski definition) is 4. The van der Waals surface area contributed by atoms with Gasteiger partial charge in [-0.15, -0.1) is 0 Å². The number of nitrogens with two attached hydrogens (primary N) is 1. The molecule has 1 aliphatic carbocycles. The molecule has 21 heavy (non-hydrogen) atoms. The maximum absolute atomic E-state index is 12.4. The van der Waals surface area contributed by atoms with E-state index in [1.165, 1.54) is 0 Å². The summed E-state index contributed by atoms with van der Waals surface area (Å²) in [7, 11) is 0. The summed E-state index contributed by atoms with van der Waals surface area (Å²) in [6, 6.07) is 7.91. The molecule has 1 heterocycles. The van der Waals surface area contributed by atoms with Gasteiger partial charge >= 0.3 is 0 Å². The van der Waals surface area contributed by atoms with E-state index in [9.17, 15) is 4.79 Å². The van der Waals surface area contributed by atoms with Gasteiger partial charge in [0.1, 0.15) is 0 Å². The molecule has 0 aliphatic heterocycles. The van der Waals surface area contributed by atoms with Crippen molar-refractivity contribution in [1.82, 2.24) is 10.2 Å².